The van der Waals surface area contributed by atoms with Gasteiger partial charge in [0.1, 0.15) is 11.6 Å². The second kappa shape index (κ2) is 8.76. The predicted molar refractivity (Wildman–Crippen MR) is 118 cm³/mol. The van der Waals surface area contributed by atoms with E-state index in [1.807, 2.05) is 48.7 Å². The van der Waals surface area contributed by atoms with Gasteiger partial charge in [-0.3, -0.25) is 4.79 Å². The third kappa shape index (κ3) is 4.33. The number of aromatic nitrogens is 2. The fraction of sp³-hybridized carbons (Fsp3) is 0.182. The topological polar surface area (TPSA) is 70.9 Å². The van der Waals surface area contributed by atoms with Gasteiger partial charge in [0.25, 0.3) is 5.91 Å². The second-order valence-corrected chi connectivity index (χ2v) is 7.98. The van der Waals surface area contributed by atoms with Gasteiger partial charge < -0.3 is 14.7 Å². The summed E-state index contributed by atoms with van der Waals surface area (Å²) in [4.78, 5) is 20.8. The lowest BCUT2D eigenvalue weighted by molar-refractivity contribution is 0.0907. The Hall–Kier alpha value is -2.70. The molecule has 0 unspecified atom stereocenters. The quantitative estimate of drug-likeness (QED) is 0.398. The number of aromatic amines is 1. The number of rotatable bonds is 7. The maximum Gasteiger partial charge on any atom is 0.287 e. The maximum atomic E-state index is 12.9. The zero-order valence-electron chi connectivity index (χ0n) is 15.8. The summed E-state index contributed by atoms with van der Waals surface area (Å²) in [6.07, 6.45) is 2.80. The van der Waals surface area contributed by atoms with Gasteiger partial charge in [0.2, 0.25) is 0 Å². The molecule has 2 aromatic heterocycles. The fourth-order valence-corrected chi connectivity index (χ4v) is 3.85. The van der Waals surface area contributed by atoms with Crippen LogP contribution in [0, 0.1) is 0 Å². The molecular weight excluding hydrogens is 406 g/mol. The Kier molecular flexibility index (Phi) is 5.92. The summed E-state index contributed by atoms with van der Waals surface area (Å²) in [7, 11) is 0. The molecular formula is C22H20ClN3O2S. The van der Waals surface area contributed by atoms with Crippen LogP contribution in [0.4, 0.5) is 0 Å². The van der Waals surface area contributed by atoms with Crippen LogP contribution >= 0.6 is 23.4 Å². The molecule has 1 amide bonds. The van der Waals surface area contributed by atoms with Gasteiger partial charge in [-0.2, -0.15) is 11.8 Å². The monoisotopic (exact) mass is 425 g/mol. The average molecular weight is 426 g/mol. The van der Waals surface area contributed by atoms with E-state index in [1.54, 1.807) is 30.0 Å². The van der Waals surface area contributed by atoms with Gasteiger partial charge in [0, 0.05) is 5.56 Å². The number of imidazole rings is 1. The summed E-state index contributed by atoms with van der Waals surface area (Å²) >= 11 is 7.96. The summed E-state index contributed by atoms with van der Waals surface area (Å²) < 4.78 is 5.78. The first-order valence-electron chi connectivity index (χ1n) is 9.25. The van der Waals surface area contributed by atoms with E-state index in [9.17, 15) is 4.79 Å². The molecule has 5 nitrogen and oxygen atoms in total. The van der Waals surface area contributed by atoms with E-state index >= 15 is 0 Å². The number of amides is 1. The van der Waals surface area contributed by atoms with E-state index in [2.05, 4.69) is 15.3 Å². The van der Waals surface area contributed by atoms with Crippen molar-refractivity contribution in [3.63, 3.8) is 0 Å². The van der Waals surface area contributed by atoms with Crippen LogP contribution in [0.15, 0.2) is 65.1 Å². The molecule has 2 heterocycles. The van der Waals surface area contributed by atoms with Crippen molar-refractivity contribution in [2.75, 3.05) is 12.0 Å². The molecule has 0 aliphatic rings. The largest absolute Gasteiger partial charge is 0.451 e. The first kappa shape index (κ1) is 19.6. The van der Waals surface area contributed by atoms with Crippen LogP contribution < -0.4 is 5.32 Å². The van der Waals surface area contributed by atoms with Crippen molar-refractivity contribution in [2.24, 2.45) is 0 Å². The highest BCUT2D eigenvalue weighted by Crippen LogP contribution is 2.29. The summed E-state index contributed by atoms with van der Waals surface area (Å²) in [5.74, 6) is 2.15. The Morgan fingerprint density at radius 1 is 1.17 bits per heavy atom. The van der Waals surface area contributed by atoms with E-state index in [0.29, 0.717) is 10.8 Å². The molecule has 0 saturated carbocycles. The molecule has 0 aliphatic carbocycles. The number of benzene rings is 2. The number of H-pyrrole nitrogens is 1. The molecule has 29 heavy (non-hydrogen) atoms. The van der Waals surface area contributed by atoms with Gasteiger partial charge in [-0.15, -0.1) is 0 Å². The molecule has 0 saturated heterocycles. The molecule has 4 rings (SSSR count). The van der Waals surface area contributed by atoms with Crippen LogP contribution in [-0.2, 0) is 0 Å². The normalized spacial score (nSPS) is 12.2. The summed E-state index contributed by atoms with van der Waals surface area (Å²) in [6.45, 7) is 0. The number of carbonyl (C=O) groups excluding carboxylic acids is 1. The van der Waals surface area contributed by atoms with Crippen molar-refractivity contribution in [2.45, 2.75) is 12.5 Å². The van der Waals surface area contributed by atoms with E-state index in [4.69, 9.17) is 16.0 Å². The third-order valence-electron chi connectivity index (χ3n) is 4.62. The number of para-hydroxylation sites is 2. The zero-order chi connectivity index (χ0) is 20.2. The lowest BCUT2D eigenvalue weighted by atomic mass is 10.2. The first-order valence-corrected chi connectivity index (χ1v) is 11.0. The minimum atomic E-state index is -0.283. The lowest BCUT2D eigenvalue weighted by Crippen LogP contribution is -2.29. The highest BCUT2D eigenvalue weighted by Gasteiger charge is 2.21. The smallest absolute Gasteiger partial charge is 0.287 e. The van der Waals surface area contributed by atoms with Gasteiger partial charge in [0.15, 0.2) is 5.76 Å². The average Bonchev–Trinajstić information content (AvgIpc) is 3.38. The highest BCUT2D eigenvalue weighted by molar-refractivity contribution is 7.98. The SMILES string of the molecule is CSCC[C@@H](NC(=O)c1ccc(-c2ccccc2Cl)o1)c1nc2ccccc2[nH]1. The molecule has 0 bridgehead atoms. The Morgan fingerprint density at radius 3 is 2.76 bits per heavy atom. The van der Waals surface area contributed by atoms with E-state index in [1.165, 1.54) is 0 Å². The molecule has 0 aliphatic heterocycles. The molecule has 2 aromatic carbocycles. The summed E-state index contributed by atoms with van der Waals surface area (Å²) in [5.41, 5.74) is 2.58. The standard InChI is InChI=1S/C22H20ClN3O2S/c1-29-13-12-18(21-24-16-8-4-5-9-17(16)25-21)26-22(27)20-11-10-19(28-20)14-6-2-3-7-15(14)23/h2-11,18H,12-13H2,1H3,(H,24,25)(H,26,27)/t18-/m1/s1. The number of nitrogens with one attached hydrogen (secondary N) is 2. The van der Waals surface area contributed by atoms with E-state index in [-0.39, 0.29) is 17.7 Å². The number of halogens is 1. The minimum Gasteiger partial charge on any atom is -0.451 e. The van der Waals surface area contributed by atoms with Crippen LogP contribution in [-0.4, -0.2) is 27.9 Å². The minimum absolute atomic E-state index is 0.240. The van der Waals surface area contributed by atoms with Gasteiger partial charge in [-0.05, 0) is 54.8 Å². The van der Waals surface area contributed by atoms with Crippen molar-refractivity contribution in [3.8, 4) is 11.3 Å². The molecule has 0 spiro atoms. The number of nitrogens with zero attached hydrogens (tertiary/aromatic N) is 1. The van der Waals surface area contributed by atoms with E-state index < -0.39 is 0 Å². The summed E-state index contributed by atoms with van der Waals surface area (Å²) in [5, 5.41) is 3.63. The molecule has 7 heteroatoms. The second-order valence-electron chi connectivity index (χ2n) is 6.59. The molecule has 2 N–H and O–H groups in total. The molecule has 0 radical (unpaired) electrons. The summed E-state index contributed by atoms with van der Waals surface area (Å²) in [6, 6.07) is 18.4. The highest BCUT2D eigenvalue weighted by atomic mass is 35.5. The molecule has 4 aromatic rings. The van der Waals surface area contributed by atoms with Gasteiger partial charge in [-0.25, -0.2) is 4.98 Å². The van der Waals surface area contributed by atoms with Crippen LogP contribution in [0.25, 0.3) is 22.4 Å². The van der Waals surface area contributed by atoms with Crippen molar-refractivity contribution in [1.82, 2.24) is 15.3 Å². The number of furan rings is 1. The van der Waals surface area contributed by atoms with Crippen LogP contribution in [0.5, 0.6) is 0 Å². The predicted octanol–water partition coefficient (Wildman–Crippen LogP) is 5.70. The number of thioether (sulfide) groups is 1. The van der Waals surface area contributed by atoms with Gasteiger partial charge >= 0.3 is 0 Å². The van der Waals surface area contributed by atoms with Crippen molar-refractivity contribution < 1.29 is 9.21 Å². The number of hydrogen-bond acceptors (Lipinski definition) is 4. The molecule has 1 atom stereocenters. The Bertz CT molecular complexity index is 1100. The Morgan fingerprint density at radius 2 is 1.97 bits per heavy atom. The van der Waals surface area contributed by atoms with Gasteiger partial charge in [0.05, 0.1) is 22.1 Å². The maximum absolute atomic E-state index is 12.9. The van der Waals surface area contributed by atoms with Gasteiger partial charge in [-0.1, -0.05) is 35.9 Å². The third-order valence-corrected chi connectivity index (χ3v) is 5.60. The lowest BCUT2D eigenvalue weighted by Gasteiger charge is -2.15. The van der Waals surface area contributed by atoms with Crippen molar-refractivity contribution >= 4 is 40.3 Å². The fourth-order valence-electron chi connectivity index (χ4n) is 3.15. The van der Waals surface area contributed by atoms with Crippen LogP contribution in [0.2, 0.25) is 5.02 Å². The zero-order valence-corrected chi connectivity index (χ0v) is 17.4. The Labute approximate surface area is 177 Å². The molecule has 148 valence electrons. The Balaban J connectivity index is 1.56. The van der Waals surface area contributed by atoms with Crippen molar-refractivity contribution in [3.05, 3.63) is 77.3 Å². The molecule has 0 fully saturated rings. The number of hydrogen-bond donors (Lipinski definition) is 2. The van der Waals surface area contributed by atoms with E-state index in [0.717, 1.165) is 34.6 Å². The van der Waals surface area contributed by atoms with Crippen LogP contribution in [0.1, 0.15) is 28.8 Å². The number of carbonyl (C=O) groups is 1. The first-order chi connectivity index (χ1) is 14.2. The van der Waals surface area contributed by atoms with Crippen LogP contribution in [0.3, 0.4) is 0 Å². The number of fused-ring (bicyclic) bond motifs is 1. The van der Waals surface area contributed by atoms with Crippen molar-refractivity contribution in [1.29, 1.82) is 0 Å².